The van der Waals surface area contributed by atoms with Crippen LogP contribution in [0.1, 0.15) is 67.9 Å². The standard InChI is InChI=1S/C15H21NO3/c1-10(2)13-8-11(15(17)18)9-14(16-13)19-12-6-4-3-5-7-12/h8-10,12H,3-7H2,1-2H3,(H,17,18). The fourth-order valence-corrected chi connectivity index (χ4v) is 2.36. The van der Waals surface area contributed by atoms with Crippen molar-refractivity contribution < 1.29 is 14.6 Å². The van der Waals surface area contributed by atoms with E-state index in [-0.39, 0.29) is 17.6 Å². The number of carboxylic acids is 1. The Morgan fingerprint density at radius 3 is 2.58 bits per heavy atom. The molecule has 0 bridgehead atoms. The first kappa shape index (κ1) is 13.8. The van der Waals surface area contributed by atoms with E-state index in [1.807, 2.05) is 13.8 Å². The molecule has 0 radical (unpaired) electrons. The van der Waals surface area contributed by atoms with Crippen LogP contribution in [-0.4, -0.2) is 22.2 Å². The van der Waals surface area contributed by atoms with Crippen LogP contribution < -0.4 is 4.74 Å². The van der Waals surface area contributed by atoms with E-state index in [1.165, 1.54) is 25.3 Å². The third-order valence-corrected chi connectivity index (χ3v) is 3.50. The van der Waals surface area contributed by atoms with Crippen LogP contribution in [-0.2, 0) is 0 Å². The summed E-state index contributed by atoms with van der Waals surface area (Å²) in [6.07, 6.45) is 5.89. The Morgan fingerprint density at radius 1 is 1.32 bits per heavy atom. The van der Waals surface area contributed by atoms with Gasteiger partial charge in [-0.1, -0.05) is 20.3 Å². The molecule has 2 rings (SSSR count). The van der Waals surface area contributed by atoms with Crippen molar-refractivity contribution in [2.75, 3.05) is 0 Å². The summed E-state index contributed by atoms with van der Waals surface area (Å²) in [6, 6.07) is 3.16. The number of ether oxygens (including phenoxy) is 1. The predicted molar refractivity (Wildman–Crippen MR) is 72.8 cm³/mol. The predicted octanol–water partition coefficient (Wildman–Crippen LogP) is 3.61. The van der Waals surface area contributed by atoms with Gasteiger partial charge in [0.1, 0.15) is 6.10 Å². The van der Waals surface area contributed by atoms with E-state index in [9.17, 15) is 4.79 Å². The minimum atomic E-state index is -0.933. The summed E-state index contributed by atoms with van der Waals surface area (Å²) in [7, 11) is 0. The third-order valence-electron chi connectivity index (χ3n) is 3.50. The fraction of sp³-hybridized carbons (Fsp3) is 0.600. The molecule has 1 aliphatic carbocycles. The molecule has 19 heavy (non-hydrogen) atoms. The molecule has 1 aromatic heterocycles. The number of aromatic nitrogens is 1. The van der Waals surface area contributed by atoms with E-state index in [4.69, 9.17) is 9.84 Å². The van der Waals surface area contributed by atoms with Gasteiger partial charge in [0, 0.05) is 11.8 Å². The van der Waals surface area contributed by atoms with Crippen LogP contribution in [0.15, 0.2) is 12.1 Å². The van der Waals surface area contributed by atoms with Crippen molar-refractivity contribution >= 4 is 5.97 Å². The zero-order valence-electron chi connectivity index (χ0n) is 11.6. The van der Waals surface area contributed by atoms with Crippen LogP contribution in [0, 0.1) is 0 Å². The second-order valence-electron chi connectivity index (χ2n) is 5.46. The molecule has 4 heteroatoms. The number of carboxylic acid groups (broad SMARTS) is 1. The van der Waals surface area contributed by atoms with E-state index < -0.39 is 5.97 Å². The van der Waals surface area contributed by atoms with E-state index in [1.54, 1.807) is 6.07 Å². The summed E-state index contributed by atoms with van der Waals surface area (Å²) >= 11 is 0. The van der Waals surface area contributed by atoms with Crippen molar-refractivity contribution in [2.24, 2.45) is 0 Å². The Bertz CT molecular complexity index is 451. The highest BCUT2D eigenvalue weighted by Gasteiger charge is 2.17. The first-order chi connectivity index (χ1) is 9.06. The summed E-state index contributed by atoms with van der Waals surface area (Å²) in [5.74, 6) is -0.290. The highest BCUT2D eigenvalue weighted by Crippen LogP contribution is 2.25. The molecule has 1 saturated carbocycles. The topological polar surface area (TPSA) is 59.4 Å². The summed E-state index contributed by atoms with van der Waals surface area (Å²) in [6.45, 7) is 4.00. The lowest BCUT2D eigenvalue weighted by Crippen LogP contribution is -2.20. The number of nitrogens with zero attached hydrogens (tertiary/aromatic N) is 1. The molecule has 0 aromatic carbocycles. The van der Waals surface area contributed by atoms with Gasteiger partial charge >= 0.3 is 5.97 Å². The zero-order valence-corrected chi connectivity index (χ0v) is 11.6. The van der Waals surface area contributed by atoms with Crippen LogP contribution in [0.5, 0.6) is 5.88 Å². The van der Waals surface area contributed by atoms with Crippen LogP contribution in [0.4, 0.5) is 0 Å². The molecular weight excluding hydrogens is 242 g/mol. The lowest BCUT2D eigenvalue weighted by Gasteiger charge is -2.23. The smallest absolute Gasteiger partial charge is 0.335 e. The first-order valence-corrected chi connectivity index (χ1v) is 6.98. The molecule has 4 nitrogen and oxygen atoms in total. The molecule has 104 valence electrons. The van der Waals surface area contributed by atoms with Gasteiger partial charge in [-0.15, -0.1) is 0 Å². The van der Waals surface area contributed by atoms with Crippen LogP contribution in [0.2, 0.25) is 0 Å². The van der Waals surface area contributed by atoms with Gasteiger partial charge in [0.2, 0.25) is 5.88 Å². The molecular formula is C15H21NO3. The van der Waals surface area contributed by atoms with Crippen molar-refractivity contribution in [1.29, 1.82) is 0 Å². The molecule has 1 N–H and O–H groups in total. The molecule has 0 spiro atoms. The highest BCUT2D eigenvalue weighted by molar-refractivity contribution is 5.88. The largest absolute Gasteiger partial charge is 0.478 e. The number of hydrogen-bond acceptors (Lipinski definition) is 3. The molecule has 0 saturated heterocycles. The molecule has 1 heterocycles. The van der Waals surface area contributed by atoms with Crippen molar-refractivity contribution in [1.82, 2.24) is 4.98 Å². The van der Waals surface area contributed by atoms with Gasteiger partial charge in [0.25, 0.3) is 0 Å². The van der Waals surface area contributed by atoms with Crippen LogP contribution in [0.25, 0.3) is 0 Å². The number of aromatic carboxylic acids is 1. The Kier molecular flexibility index (Phi) is 4.40. The Labute approximate surface area is 113 Å². The van der Waals surface area contributed by atoms with E-state index >= 15 is 0 Å². The summed E-state index contributed by atoms with van der Waals surface area (Å²) in [5.41, 5.74) is 1.02. The number of carbonyl (C=O) groups is 1. The van der Waals surface area contributed by atoms with Crippen molar-refractivity contribution in [2.45, 2.75) is 58.0 Å². The van der Waals surface area contributed by atoms with E-state index in [2.05, 4.69) is 4.98 Å². The number of hydrogen-bond donors (Lipinski definition) is 1. The molecule has 1 aromatic rings. The van der Waals surface area contributed by atoms with Gasteiger partial charge in [-0.05, 0) is 37.7 Å². The Morgan fingerprint density at radius 2 is 2.00 bits per heavy atom. The maximum Gasteiger partial charge on any atom is 0.335 e. The molecule has 0 unspecified atom stereocenters. The van der Waals surface area contributed by atoms with Gasteiger partial charge in [0.05, 0.1) is 5.56 Å². The number of rotatable bonds is 4. The maximum atomic E-state index is 11.1. The summed E-state index contributed by atoms with van der Waals surface area (Å²) in [4.78, 5) is 15.6. The summed E-state index contributed by atoms with van der Waals surface area (Å²) < 4.78 is 5.86. The quantitative estimate of drug-likeness (QED) is 0.901. The lowest BCUT2D eigenvalue weighted by atomic mass is 9.98. The van der Waals surface area contributed by atoms with Gasteiger partial charge in [-0.3, -0.25) is 0 Å². The minimum Gasteiger partial charge on any atom is -0.478 e. The molecule has 1 aliphatic rings. The minimum absolute atomic E-state index is 0.185. The Balaban J connectivity index is 2.20. The van der Waals surface area contributed by atoms with Crippen molar-refractivity contribution in [3.8, 4) is 5.88 Å². The SMILES string of the molecule is CC(C)c1cc(C(=O)O)cc(OC2CCCCC2)n1. The van der Waals surface area contributed by atoms with Gasteiger partial charge in [-0.25, -0.2) is 9.78 Å². The van der Waals surface area contributed by atoms with Gasteiger partial charge in [0.15, 0.2) is 0 Å². The van der Waals surface area contributed by atoms with Gasteiger partial charge < -0.3 is 9.84 Å². The molecule has 0 amide bonds. The molecule has 0 aliphatic heterocycles. The zero-order chi connectivity index (χ0) is 13.8. The maximum absolute atomic E-state index is 11.1. The second kappa shape index (κ2) is 6.04. The Hall–Kier alpha value is -1.58. The average Bonchev–Trinajstić information content (AvgIpc) is 2.39. The van der Waals surface area contributed by atoms with Crippen LogP contribution in [0.3, 0.4) is 0 Å². The van der Waals surface area contributed by atoms with Crippen LogP contribution >= 0.6 is 0 Å². The lowest BCUT2D eigenvalue weighted by molar-refractivity contribution is 0.0695. The van der Waals surface area contributed by atoms with E-state index in [0.29, 0.717) is 5.88 Å². The fourth-order valence-electron chi connectivity index (χ4n) is 2.36. The monoisotopic (exact) mass is 263 g/mol. The normalized spacial score (nSPS) is 16.6. The number of pyridine rings is 1. The third kappa shape index (κ3) is 3.69. The molecule has 0 atom stereocenters. The van der Waals surface area contributed by atoms with Crippen molar-refractivity contribution in [3.05, 3.63) is 23.4 Å². The second-order valence-corrected chi connectivity index (χ2v) is 5.46. The van der Waals surface area contributed by atoms with Crippen molar-refractivity contribution in [3.63, 3.8) is 0 Å². The van der Waals surface area contributed by atoms with E-state index in [0.717, 1.165) is 18.5 Å². The van der Waals surface area contributed by atoms with Gasteiger partial charge in [-0.2, -0.15) is 0 Å². The highest BCUT2D eigenvalue weighted by atomic mass is 16.5. The summed E-state index contributed by atoms with van der Waals surface area (Å²) in [5, 5.41) is 9.14. The first-order valence-electron chi connectivity index (χ1n) is 6.98. The molecule has 1 fully saturated rings. The average molecular weight is 263 g/mol.